The van der Waals surface area contributed by atoms with E-state index in [4.69, 9.17) is 4.74 Å². The van der Waals surface area contributed by atoms with Crippen molar-refractivity contribution in [2.75, 3.05) is 13.7 Å². The summed E-state index contributed by atoms with van der Waals surface area (Å²) < 4.78 is 33.5. The molecule has 1 saturated carbocycles. The second-order valence-corrected chi connectivity index (χ2v) is 9.41. The summed E-state index contributed by atoms with van der Waals surface area (Å²) in [5.41, 5.74) is 4.43. The molecule has 2 N–H and O–H groups in total. The Bertz CT molecular complexity index is 1190. The van der Waals surface area contributed by atoms with E-state index in [2.05, 4.69) is 9.88 Å². The van der Waals surface area contributed by atoms with E-state index in [-0.39, 0.29) is 23.9 Å². The number of aromatic nitrogens is 1. The number of carboxylic acids is 1. The zero-order valence-electron chi connectivity index (χ0n) is 18.8. The van der Waals surface area contributed by atoms with Crippen LogP contribution in [0.3, 0.4) is 0 Å². The number of nitrogens with zero attached hydrogens (tertiary/aromatic N) is 1. The third-order valence-corrected chi connectivity index (χ3v) is 7.43. The molecule has 174 valence electrons. The van der Waals surface area contributed by atoms with Crippen molar-refractivity contribution < 1.29 is 23.4 Å². The van der Waals surface area contributed by atoms with Crippen LogP contribution in [0.1, 0.15) is 52.4 Å². The second-order valence-electron chi connectivity index (χ2n) is 9.41. The largest absolute Gasteiger partial charge is 0.496 e. The van der Waals surface area contributed by atoms with Crippen LogP contribution in [0.4, 0.5) is 8.78 Å². The number of hydrogen-bond donors (Lipinski definition) is 2. The highest BCUT2D eigenvalue weighted by atomic mass is 19.3. The zero-order chi connectivity index (χ0) is 23.3. The van der Waals surface area contributed by atoms with Crippen LogP contribution >= 0.6 is 0 Å². The van der Waals surface area contributed by atoms with Gasteiger partial charge in [0.2, 0.25) is 0 Å². The Morgan fingerprint density at radius 1 is 1.27 bits per heavy atom. The van der Waals surface area contributed by atoms with Gasteiger partial charge in [-0.1, -0.05) is 12.1 Å². The van der Waals surface area contributed by atoms with Crippen molar-refractivity contribution in [3.63, 3.8) is 0 Å². The van der Waals surface area contributed by atoms with Gasteiger partial charge >= 0.3 is 5.97 Å². The van der Waals surface area contributed by atoms with E-state index in [0.717, 1.165) is 39.8 Å². The summed E-state index contributed by atoms with van der Waals surface area (Å²) in [4.78, 5) is 16.9. The maximum atomic E-state index is 13.9. The minimum atomic E-state index is -2.54. The number of rotatable bonds is 6. The first-order chi connectivity index (χ1) is 15.8. The minimum absolute atomic E-state index is 0.0158. The fourth-order valence-electron chi connectivity index (χ4n) is 5.52. The van der Waals surface area contributed by atoms with Gasteiger partial charge in [0.25, 0.3) is 5.92 Å². The molecule has 1 aromatic heterocycles. The number of carboxylic acid groups (broad SMARTS) is 1. The summed E-state index contributed by atoms with van der Waals surface area (Å²) in [5, 5.41) is 10.4. The number of benzene rings is 2. The predicted molar refractivity (Wildman–Crippen MR) is 122 cm³/mol. The fourth-order valence-corrected chi connectivity index (χ4v) is 5.52. The van der Waals surface area contributed by atoms with Crippen molar-refractivity contribution in [2.45, 2.75) is 44.7 Å². The smallest absolute Gasteiger partial charge is 0.335 e. The van der Waals surface area contributed by atoms with Gasteiger partial charge in [-0.25, -0.2) is 13.6 Å². The molecule has 0 radical (unpaired) electrons. The molecule has 2 aliphatic rings. The molecule has 1 saturated heterocycles. The van der Waals surface area contributed by atoms with Crippen molar-refractivity contribution in [1.29, 1.82) is 0 Å². The molecular formula is C26H28F2N2O3. The molecule has 5 nitrogen and oxygen atoms in total. The van der Waals surface area contributed by atoms with Crippen LogP contribution in [0.25, 0.3) is 10.9 Å². The van der Waals surface area contributed by atoms with E-state index in [1.165, 1.54) is 0 Å². The lowest BCUT2D eigenvalue weighted by atomic mass is 9.83. The van der Waals surface area contributed by atoms with Crippen molar-refractivity contribution in [3.8, 4) is 5.75 Å². The molecule has 0 amide bonds. The molecule has 5 rings (SSSR count). The summed E-state index contributed by atoms with van der Waals surface area (Å²) in [6.07, 6.45) is 3.27. The van der Waals surface area contributed by atoms with Gasteiger partial charge in [-0.05, 0) is 67.6 Å². The Morgan fingerprint density at radius 2 is 2.00 bits per heavy atom. The van der Waals surface area contributed by atoms with Gasteiger partial charge in [0, 0.05) is 47.6 Å². The predicted octanol–water partition coefficient (Wildman–Crippen LogP) is 5.79. The number of ether oxygens (including phenoxy) is 1. The second kappa shape index (κ2) is 8.13. The number of alkyl halides is 2. The molecule has 2 heterocycles. The summed E-state index contributed by atoms with van der Waals surface area (Å²) >= 11 is 0. The summed E-state index contributed by atoms with van der Waals surface area (Å²) in [5.74, 6) is -3.27. The summed E-state index contributed by atoms with van der Waals surface area (Å²) in [6.45, 7) is 3.36. The molecule has 1 unspecified atom stereocenters. The topological polar surface area (TPSA) is 65.6 Å². The van der Waals surface area contributed by atoms with Crippen LogP contribution in [0.5, 0.6) is 5.75 Å². The lowest BCUT2D eigenvalue weighted by molar-refractivity contribution is 0.0469. The highest BCUT2D eigenvalue weighted by Crippen LogP contribution is 2.57. The Hall–Kier alpha value is -2.93. The van der Waals surface area contributed by atoms with E-state index in [0.29, 0.717) is 19.5 Å². The van der Waals surface area contributed by atoms with Gasteiger partial charge in [0.15, 0.2) is 0 Å². The summed E-state index contributed by atoms with van der Waals surface area (Å²) in [7, 11) is 1.67. The van der Waals surface area contributed by atoms with Crippen LogP contribution < -0.4 is 4.74 Å². The van der Waals surface area contributed by atoms with Crippen LogP contribution in [0.15, 0.2) is 42.6 Å². The Balaban J connectivity index is 1.49. The SMILES string of the molecule is COc1cc(C)c2[nH]ccc2c1CN1CC[C@@H](C2CC2(F)F)C[C@H]1c1ccc(C(=O)O)cc1. The monoisotopic (exact) mass is 454 g/mol. The van der Waals surface area contributed by atoms with Gasteiger partial charge in [-0.15, -0.1) is 0 Å². The lowest BCUT2D eigenvalue weighted by Gasteiger charge is -2.40. The van der Waals surface area contributed by atoms with Gasteiger partial charge in [0.05, 0.1) is 12.7 Å². The summed E-state index contributed by atoms with van der Waals surface area (Å²) in [6, 6.07) is 10.9. The molecule has 2 aromatic carbocycles. The third kappa shape index (κ3) is 3.99. The van der Waals surface area contributed by atoms with Gasteiger partial charge in [-0.2, -0.15) is 0 Å². The molecule has 3 atom stereocenters. The quantitative estimate of drug-likeness (QED) is 0.495. The van der Waals surface area contributed by atoms with Gasteiger partial charge < -0.3 is 14.8 Å². The zero-order valence-corrected chi connectivity index (χ0v) is 18.8. The first-order valence-electron chi connectivity index (χ1n) is 11.4. The highest BCUT2D eigenvalue weighted by Gasteiger charge is 2.60. The molecule has 0 spiro atoms. The first-order valence-corrected chi connectivity index (χ1v) is 11.4. The van der Waals surface area contributed by atoms with Crippen LogP contribution in [-0.4, -0.2) is 40.5 Å². The fraction of sp³-hybridized carbons (Fsp3) is 0.423. The number of fused-ring (bicyclic) bond motifs is 1. The molecule has 3 aromatic rings. The number of nitrogens with one attached hydrogen (secondary N) is 1. The number of hydrogen-bond acceptors (Lipinski definition) is 3. The number of piperidine rings is 1. The van der Waals surface area contributed by atoms with Crippen molar-refractivity contribution in [1.82, 2.24) is 9.88 Å². The van der Waals surface area contributed by atoms with Crippen molar-refractivity contribution >= 4 is 16.9 Å². The minimum Gasteiger partial charge on any atom is -0.496 e. The van der Waals surface area contributed by atoms with E-state index in [1.54, 1.807) is 19.2 Å². The number of methoxy groups -OCH3 is 1. The molecular weight excluding hydrogens is 426 g/mol. The van der Waals surface area contributed by atoms with Crippen LogP contribution in [-0.2, 0) is 6.54 Å². The average molecular weight is 455 g/mol. The molecule has 1 aliphatic heterocycles. The maximum absolute atomic E-state index is 13.9. The molecule has 1 aliphatic carbocycles. The van der Waals surface area contributed by atoms with Gasteiger partial charge in [-0.3, -0.25) is 4.90 Å². The number of H-pyrrole nitrogens is 1. The van der Waals surface area contributed by atoms with Crippen molar-refractivity contribution in [3.05, 3.63) is 64.8 Å². The highest BCUT2D eigenvalue weighted by molar-refractivity contribution is 5.88. The number of likely N-dealkylation sites (tertiary alicyclic amines) is 1. The van der Waals surface area contributed by atoms with Gasteiger partial charge in [0.1, 0.15) is 5.75 Å². The van der Waals surface area contributed by atoms with Crippen LogP contribution in [0, 0.1) is 18.8 Å². The molecule has 2 fully saturated rings. The number of halogens is 2. The van der Waals surface area contributed by atoms with E-state index < -0.39 is 17.8 Å². The molecule has 7 heteroatoms. The van der Waals surface area contributed by atoms with E-state index in [9.17, 15) is 18.7 Å². The number of aromatic carboxylic acids is 1. The van der Waals surface area contributed by atoms with E-state index >= 15 is 0 Å². The normalized spacial score (nSPS) is 24.7. The molecule has 33 heavy (non-hydrogen) atoms. The van der Waals surface area contributed by atoms with E-state index in [1.807, 2.05) is 37.4 Å². The third-order valence-electron chi connectivity index (χ3n) is 7.43. The van der Waals surface area contributed by atoms with Crippen LogP contribution in [0.2, 0.25) is 0 Å². The Labute approximate surface area is 191 Å². The number of carbonyl (C=O) groups is 1. The first kappa shape index (κ1) is 21.9. The standard InChI is InChI=1S/C26H28F2N2O3/c1-15-11-23(33-2)20(19-7-9-29-24(15)19)14-30-10-8-18(21-13-26(21,27)28)12-22(30)16-3-5-17(6-4-16)25(31)32/h3-7,9,11,18,21-22,29H,8,10,12-14H2,1-2H3,(H,31,32)/t18-,21?,22+/m1/s1. The Morgan fingerprint density at radius 3 is 2.64 bits per heavy atom. The van der Waals surface area contributed by atoms with Crippen molar-refractivity contribution in [2.24, 2.45) is 11.8 Å². The lowest BCUT2D eigenvalue weighted by Crippen LogP contribution is -2.37. The Kier molecular flexibility index (Phi) is 5.40. The average Bonchev–Trinajstić information content (AvgIpc) is 3.20. The number of aryl methyl sites for hydroxylation is 1. The number of aromatic amines is 1. The molecule has 0 bridgehead atoms. The maximum Gasteiger partial charge on any atom is 0.335 e.